The number of benzene rings is 1. The molecule has 0 radical (unpaired) electrons. The molecule has 158 valence electrons. The molecule has 11 heteroatoms. The molecule has 1 aromatic heterocycles. The van der Waals surface area contributed by atoms with Crippen LogP contribution in [-0.4, -0.2) is 33.9 Å². The second kappa shape index (κ2) is 8.74. The van der Waals surface area contributed by atoms with Gasteiger partial charge in [-0.1, -0.05) is 18.2 Å². The first-order valence-corrected chi connectivity index (χ1v) is 9.76. The number of anilines is 1. The fourth-order valence-electron chi connectivity index (χ4n) is 2.84. The number of amides is 2. The number of carbonyl (C=O) groups is 2. The zero-order valence-corrected chi connectivity index (χ0v) is 16.4. The Morgan fingerprint density at radius 3 is 2.80 bits per heavy atom. The highest BCUT2D eigenvalue weighted by Crippen LogP contribution is 2.31. The zero-order chi connectivity index (χ0) is 21.9. The summed E-state index contributed by atoms with van der Waals surface area (Å²) in [6.07, 6.45) is -1.58. The van der Waals surface area contributed by atoms with E-state index >= 15 is 0 Å². The second-order valence-electron chi connectivity index (χ2n) is 6.38. The molecule has 0 saturated heterocycles. The number of halogens is 3. The van der Waals surface area contributed by atoms with E-state index in [0.29, 0.717) is 4.90 Å². The molecule has 1 aromatic carbocycles. The number of nitrogens with one attached hydrogen (secondary N) is 1. The van der Waals surface area contributed by atoms with Crippen molar-refractivity contribution in [3.05, 3.63) is 64.6 Å². The van der Waals surface area contributed by atoms with Gasteiger partial charge in [-0.2, -0.15) is 18.3 Å². The van der Waals surface area contributed by atoms with Crippen LogP contribution in [0.5, 0.6) is 0 Å². The molecule has 7 nitrogen and oxygen atoms in total. The van der Waals surface area contributed by atoms with Crippen LogP contribution >= 0.6 is 11.8 Å². The van der Waals surface area contributed by atoms with Gasteiger partial charge in [-0.05, 0) is 17.7 Å². The predicted molar refractivity (Wildman–Crippen MR) is 105 cm³/mol. The molecule has 0 aliphatic carbocycles. The Kier molecular flexibility index (Phi) is 6.30. The van der Waals surface area contributed by atoms with Gasteiger partial charge >= 0.3 is 6.18 Å². The highest BCUT2D eigenvalue weighted by Gasteiger charge is 2.30. The monoisotopic (exact) mass is 438 g/mol. The molecular weight excluding hydrogens is 421 g/mol. The molecule has 30 heavy (non-hydrogen) atoms. The summed E-state index contributed by atoms with van der Waals surface area (Å²) in [5, 5.41) is 6.43. The van der Waals surface area contributed by atoms with Crippen LogP contribution in [0.4, 0.5) is 18.9 Å². The van der Waals surface area contributed by atoms with Crippen molar-refractivity contribution < 1.29 is 22.8 Å². The van der Waals surface area contributed by atoms with Gasteiger partial charge in [0.2, 0.25) is 11.8 Å². The summed E-state index contributed by atoms with van der Waals surface area (Å²) < 4.78 is 39.3. The minimum atomic E-state index is -4.48. The Hall–Kier alpha value is -3.08. The van der Waals surface area contributed by atoms with Gasteiger partial charge in [0.05, 0.1) is 22.4 Å². The number of rotatable bonds is 6. The number of thioether (sulfide) groups is 1. The number of alkyl halides is 3. The van der Waals surface area contributed by atoms with Crippen LogP contribution in [0.2, 0.25) is 0 Å². The molecule has 0 unspecified atom stereocenters. The highest BCUT2D eigenvalue weighted by molar-refractivity contribution is 8.00. The van der Waals surface area contributed by atoms with Crippen molar-refractivity contribution in [3.63, 3.8) is 0 Å². The van der Waals surface area contributed by atoms with E-state index in [0.717, 1.165) is 16.8 Å². The van der Waals surface area contributed by atoms with Crippen LogP contribution in [0.15, 0.2) is 52.8 Å². The van der Waals surface area contributed by atoms with E-state index < -0.39 is 29.8 Å². The summed E-state index contributed by atoms with van der Waals surface area (Å²) in [5.74, 6) is -0.688. The van der Waals surface area contributed by atoms with Gasteiger partial charge in [-0.25, -0.2) is 4.68 Å². The van der Waals surface area contributed by atoms with E-state index in [1.807, 2.05) is 0 Å². The van der Waals surface area contributed by atoms with E-state index in [1.54, 1.807) is 0 Å². The van der Waals surface area contributed by atoms with Crippen LogP contribution in [-0.2, 0) is 28.9 Å². The van der Waals surface area contributed by atoms with Crippen LogP contribution in [0.3, 0.4) is 0 Å². The molecule has 0 bridgehead atoms. The standard InChI is InChI=1S/C19H17F3N4O3S/c1-2-6-25-16(28)11-30-14-9-24-26(18(29)17(14)25)10-15(27)23-8-12-4-3-5-13(7-12)19(20,21)22/h2-5,7,9H,1,6,8,10-11H2,(H,23,27). The fraction of sp³-hybridized carbons (Fsp3) is 0.263. The number of hydrogen-bond donors (Lipinski definition) is 1. The van der Waals surface area contributed by atoms with Crippen molar-refractivity contribution in [2.24, 2.45) is 0 Å². The van der Waals surface area contributed by atoms with Gasteiger partial charge in [-0.3, -0.25) is 14.4 Å². The average molecular weight is 438 g/mol. The SMILES string of the molecule is C=CCN1C(=O)CSc2cnn(CC(=O)NCc3cccc(C(F)(F)F)c3)c(=O)c21. The third-order valence-electron chi connectivity index (χ3n) is 4.26. The topological polar surface area (TPSA) is 84.3 Å². The molecule has 2 aromatic rings. The summed E-state index contributed by atoms with van der Waals surface area (Å²) in [6, 6.07) is 4.59. The number of carbonyl (C=O) groups excluding carboxylic acids is 2. The lowest BCUT2D eigenvalue weighted by Crippen LogP contribution is -2.42. The quantitative estimate of drug-likeness (QED) is 0.700. The number of nitrogens with zero attached hydrogens (tertiary/aromatic N) is 3. The summed E-state index contributed by atoms with van der Waals surface area (Å²) in [4.78, 5) is 38.9. The molecule has 2 amide bonds. The van der Waals surface area contributed by atoms with Crippen molar-refractivity contribution in [2.75, 3.05) is 17.2 Å². The number of aromatic nitrogens is 2. The molecule has 3 rings (SSSR count). The Morgan fingerprint density at radius 1 is 1.33 bits per heavy atom. The fourth-order valence-corrected chi connectivity index (χ4v) is 3.74. The highest BCUT2D eigenvalue weighted by atomic mass is 32.2. The molecule has 0 spiro atoms. The smallest absolute Gasteiger partial charge is 0.350 e. The van der Waals surface area contributed by atoms with Gasteiger partial charge in [0.15, 0.2) is 0 Å². The molecule has 1 aliphatic rings. The minimum absolute atomic E-state index is 0.136. The lowest BCUT2D eigenvalue weighted by Gasteiger charge is -2.27. The zero-order valence-electron chi connectivity index (χ0n) is 15.6. The Balaban J connectivity index is 1.73. The minimum Gasteiger partial charge on any atom is -0.350 e. The van der Waals surface area contributed by atoms with Crippen LogP contribution < -0.4 is 15.8 Å². The Labute approximate surface area is 173 Å². The van der Waals surface area contributed by atoms with Gasteiger partial charge in [0.1, 0.15) is 12.2 Å². The van der Waals surface area contributed by atoms with Crippen LogP contribution in [0, 0.1) is 0 Å². The molecule has 1 N–H and O–H groups in total. The van der Waals surface area contributed by atoms with E-state index in [-0.39, 0.29) is 36.0 Å². The van der Waals surface area contributed by atoms with Crippen molar-refractivity contribution in [2.45, 2.75) is 24.2 Å². The molecule has 0 saturated carbocycles. The first-order chi connectivity index (χ1) is 14.2. The largest absolute Gasteiger partial charge is 0.416 e. The van der Waals surface area contributed by atoms with E-state index in [9.17, 15) is 27.6 Å². The maximum atomic E-state index is 12.8. The normalized spacial score (nSPS) is 13.7. The van der Waals surface area contributed by atoms with Gasteiger partial charge in [0, 0.05) is 13.1 Å². The maximum absolute atomic E-state index is 12.8. The average Bonchev–Trinajstić information content (AvgIpc) is 2.70. The number of hydrogen-bond acceptors (Lipinski definition) is 5. The molecule has 0 fully saturated rings. The first kappa shape index (κ1) is 21.6. The second-order valence-corrected chi connectivity index (χ2v) is 7.39. The van der Waals surface area contributed by atoms with Crippen molar-refractivity contribution in [3.8, 4) is 0 Å². The maximum Gasteiger partial charge on any atom is 0.416 e. The molecule has 2 heterocycles. The predicted octanol–water partition coefficient (Wildman–Crippen LogP) is 2.20. The Bertz CT molecular complexity index is 1050. The van der Waals surface area contributed by atoms with E-state index in [4.69, 9.17) is 0 Å². The van der Waals surface area contributed by atoms with Crippen molar-refractivity contribution >= 4 is 29.3 Å². The molecular formula is C19H17F3N4O3S. The Morgan fingerprint density at radius 2 is 2.10 bits per heavy atom. The van der Waals surface area contributed by atoms with Gasteiger partial charge < -0.3 is 10.2 Å². The van der Waals surface area contributed by atoms with E-state index in [1.165, 1.54) is 41.1 Å². The molecule has 1 aliphatic heterocycles. The lowest BCUT2D eigenvalue weighted by atomic mass is 10.1. The van der Waals surface area contributed by atoms with Crippen LogP contribution in [0.1, 0.15) is 11.1 Å². The van der Waals surface area contributed by atoms with Crippen LogP contribution in [0.25, 0.3) is 0 Å². The van der Waals surface area contributed by atoms with Crippen molar-refractivity contribution in [1.29, 1.82) is 0 Å². The third kappa shape index (κ3) is 4.73. The van der Waals surface area contributed by atoms with Gasteiger partial charge in [0.25, 0.3) is 5.56 Å². The summed E-state index contributed by atoms with van der Waals surface area (Å²) >= 11 is 1.19. The van der Waals surface area contributed by atoms with Gasteiger partial charge in [-0.15, -0.1) is 18.3 Å². The van der Waals surface area contributed by atoms with E-state index in [2.05, 4.69) is 17.0 Å². The lowest BCUT2D eigenvalue weighted by molar-refractivity contribution is -0.137. The summed E-state index contributed by atoms with van der Waals surface area (Å²) in [5.41, 5.74) is -1.02. The number of fused-ring (bicyclic) bond motifs is 1. The first-order valence-electron chi connectivity index (χ1n) is 8.77. The molecule has 0 atom stereocenters. The van der Waals surface area contributed by atoms with Crippen molar-refractivity contribution in [1.82, 2.24) is 15.1 Å². The summed E-state index contributed by atoms with van der Waals surface area (Å²) in [7, 11) is 0. The summed E-state index contributed by atoms with van der Waals surface area (Å²) in [6.45, 7) is 3.15. The third-order valence-corrected chi connectivity index (χ3v) is 5.26.